The molecule has 0 aliphatic carbocycles. The summed E-state index contributed by atoms with van der Waals surface area (Å²) in [7, 11) is -2.42. The average molecular weight is 328 g/mol. The fourth-order valence-corrected chi connectivity index (χ4v) is 3.25. The van der Waals surface area contributed by atoms with Crippen molar-refractivity contribution in [2.75, 3.05) is 25.6 Å². The molecule has 0 amide bonds. The first-order valence-electron chi connectivity index (χ1n) is 6.55. The van der Waals surface area contributed by atoms with Crippen LogP contribution in [0.5, 0.6) is 0 Å². The molecular weight excluding hydrogens is 308 g/mol. The highest BCUT2D eigenvalue weighted by molar-refractivity contribution is 7.89. The molecule has 122 valence electrons. The second-order valence-corrected chi connectivity index (χ2v) is 6.35. The molecule has 0 saturated heterocycles. The molecule has 0 aliphatic rings. The summed E-state index contributed by atoms with van der Waals surface area (Å²) in [4.78, 5) is 10.9. The van der Waals surface area contributed by atoms with Crippen molar-refractivity contribution in [2.24, 2.45) is 0 Å². The number of anilines is 1. The van der Waals surface area contributed by atoms with Gasteiger partial charge < -0.3 is 15.2 Å². The number of carboxylic acids is 1. The normalized spacial score (nSPS) is 12.6. The Kier molecular flexibility index (Phi) is 6.54. The van der Waals surface area contributed by atoms with E-state index in [1.165, 1.54) is 19.2 Å². The lowest BCUT2D eigenvalue weighted by molar-refractivity contribution is 0.0696. The van der Waals surface area contributed by atoms with Crippen LogP contribution in [-0.4, -0.2) is 45.8 Å². The summed E-state index contributed by atoms with van der Waals surface area (Å²) in [5.41, 5.74) is 0.200. The Labute approximate surface area is 130 Å². The van der Waals surface area contributed by atoms with Gasteiger partial charge in [-0.25, -0.2) is 17.9 Å². The van der Waals surface area contributed by atoms with E-state index in [2.05, 4.69) is 16.6 Å². The van der Waals surface area contributed by atoms with Crippen LogP contribution in [0.1, 0.15) is 17.3 Å². The maximum Gasteiger partial charge on any atom is 0.335 e. The van der Waals surface area contributed by atoms with Crippen LogP contribution in [0.25, 0.3) is 0 Å². The van der Waals surface area contributed by atoms with Crippen LogP contribution in [0.4, 0.5) is 5.69 Å². The van der Waals surface area contributed by atoms with Crippen molar-refractivity contribution in [1.29, 1.82) is 0 Å². The minimum atomic E-state index is -3.89. The van der Waals surface area contributed by atoms with Crippen molar-refractivity contribution in [1.82, 2.24) is 4.72 Å². The van der Waals surface area contributed by atoms with Gasteiger partial charge in [-0.2, -0.15) is 0 Å². The monoisotopic (exact) mass is 328 g/mol. The Bertz CT molecular complexity index is 643. The van der Waals surface area contributed by atoms with E-state index in [0.717, 1.165) is 6.07 Å². The fourth-order valence-electron chi connectivity index (χ4n) is 1.82. The van der Waals surface area contributed by atoms with Crippen molar-refractivity contribution in [3.63, 3.8) is 0 Å². The lowest BCUT2D eigenvalue weighted by Crippen LogP contribution is -2.36. The van der Waals surface area contributed by atoms with Crippen LogP contribution in [0, 0.1) is 0 Å². The summed E-state index contributed by atoms with van der Waals surface area (Å²) in [6.45, 7) is 5.75. The van der Waals surface area contributed by atoms with Crippen LogP contribution < -0.4 is 10.0 Å². The second kappa shape index (κ2) is 7.92. The third kappa shape index (κ3) is 4.83. The topological polar surface area (TPSA) is 105 Å². The number of hydrogen-bond acceptors (Lipinski definition) is 5. The van der Waals surface area contributed by atoms with Crippen LogP contribution in [-0.2, 0) is 14.8 Å². The molecule has 22 heavy (non-hydrogen) atoms. The summed E-state index contributed by atoms with van der Waals surface area (Å²) in [6.07, 6.45) is 1.57. The molecule has 0 aromatic heterocycles. The molecular formula is C14H20N2O5S. The summed E-state index contributed by atoms with van der Waals surface area (Å²) in [5.74, 6) is -1.20. The number of hydrogen-bond donors (Lipinski definition) is 3. The molecule has 1 aromatic carbocycles. The number of methoxy groups -OCH3 is 1. The highest BCUT2D eigenvalue weighted by Crippen LogP contribution is 2.23. The molecule has 7 nitrogen and oxygen atoms in total. The number of carbonyl (C=O) groups is 1. The number of sulfonamides is 1. The molecule has 8 heteroatoms. The number of rotatable bonds is 9. The van der Waals surface area contributed by atoms with Crippen LogP contribution >= 0.6 is 0 Å². The van der Waals surface area contributed by atoms with Crippen LogP contribution in [0.15, 0.2) is 35.7 Å². The highest BCUT2D eigenvalue weighted by Gasteiger charge is 2.22. The van der Waals surface area contributed by atoms with E-state index in [4.69, 9.17) is 9.84 Å². The van der Waals surface area contributed by atoms with Gasteiger partial charge in [-0.05, 0) is 25.1 Å². The van der Waals surface area contributed by atoms with Gasteiger partial charge in [-0.15, -0.1) is 6.58 Å². The molecule has 1 rings (SSSR count). The van der Waals surface area contributed by atoms with Gasteiger partial charge >= 0.3 is 5.97 Å². The minimum absolute atomic E-state index is 0.107. The van der Waals surface area contributed by atoms with E-state index in [1.54, 1.807) is 13.0 Å². The first-order chi connectivity index (χ1) is 10.3. The number of aromatic carboxylic acids is 1. The van der Waals surface area contributed by atoms with Gasteiger partial charge in [-0.1, -0.05) is 6.08 Å². The first kappa shape index (κ1) is 18.1. The molecule has 0 spiro atoms. The number of carboxylic acid groups (broad SMARTS) is 1. The van der Waals surface area contributed by atoms with Gasteiger partial charge in [0.05, 0.1) is 17.9 Å². The molecule has 0 bridgehead atoms. The third-order valence-corrected chi connectivity index (χ3v) is 4.36. The Balaban J connectivity index is 3.24. The molecule has 0 radical (unpaired) electrons. The zero-order valence-corrected chi connectivity index (χ0v) is 13.3. The second-order valence-electron chi connectivity index (χ2n) is 4.66. The Morgan fingerprint density at radius 2 is 2.18 bits per heavy atom. The van der Waals surface area contributed by atoms with Gasteiger partial charge in [0.25, 0.3) is 0 Å². The lowest BCUT2D eigenvalue weighted by atomic mass is 10.2. The zero-order valence-electron chi connectivity index (χ0n) is 12.5. The van der Waals surface area contributed by atoms with Gasteiger partial charge in [0, 0.05) is 19.7 Å². The largest absolute Gasteiger partial charge is 0.478 e. The first-order valence-corrected chi connectivity index (χ1v) is 8.03. The summed E-state index contributed by atoms with van der Waals surface area (Å²) in [5, 5.41) is 11.9. The maximum absolute atomic E-state index is 12.5. The standard InChI is InChI=1S/C14H20N2O5S/c1-4-7-15-12-6-5-11(14(17)18)8-13(12)22(19,20)16-10(2)9-21-3/h4-6,8,10,15-16H,1,7,9H2,2-3H3,(H,17,18). The zero-order chi connectivity index (χ0) is 16.8. The summed E-state index contributed by atoms with van der Waals surface area (Å²) >= 11 is 0. The number of benzene rings is 1. The van der Waals surface area contributed by atoms with Crippen LogP contribution in [0.2, 0.25) is 0 Å². The predicted molar refractivity (Wildman–Crippen MR) is 83.7 cm³/mol. The van der Waals surface area contributed by atoms with E-state index in [9.17, 15) is 13.2 Å². The Morgan fingerprint density at radius 1 is 1.50 bits per heavy atom. The van der Waals surface area contributed by atoms with Crippen LogP contribution in [0.3, 0.4) is 0 Å². The molecule has 0 aliphatic heterocycles. The van der Waals surface area contributed by atoms with Crippen molar-refractivity contribution in [3.8, 4) is 0 Å². The molecule has 0 saturated carbocycles. The summed E-state index contributed by atoms with van der Waals surface area (Å²) < 4.78 is 32.2. The van der Waals surface area contributed by atoms with Crippen molar-refractivity contribution in [2.45, 2.75) is 17.9 Å². The van der Waals surface area contributed by atoms with E-state index in [0.29, 0.717) is 12.2 Å². The quantitative estimate of drug-likeness (QED) is 0.590. The highest BCUT2D eigenvalue weighted by atomic mass is 32.2. The predicted octanol–water partition coefficient (Wildman–Crippen LogP) is 1.30. The van der Waals surface area contributed by atoms with E-state index in [1.807, 2.05) is 0 Å². The van der Waals surface area contributed by atoms with Crippen molar-refractivity contribution in [3.05, 3.63) is 36.4 Å². The molecule has 3 N–H and O–H groups in total. The average Bonchev–Trinajstić information content (AvgIpc) is 2.44. The molecule has 1 unspecified atom stereocenters. The molecule has 1 atom stereocenters. The van der Waals surface area contributed by atoms with Gasteiger partial charge in [0.15, 0.2) is 0 Å². The lowest BCUT2D eigenvalue weighted by Gasteiger charge is -2.16. The minimum Gasteiger partial charge on any atom is -0.478 e. The van der Waals surface area contributed by atoms with E-state index >= 15 is 0 Å². The van der Waals surface area contributed by atoms with E-state index < -0.39 is 22.0 Å². The Hall–Kier alpha value is -1.90. The Morgan fingerprint density at radius 3 is 2.73 bits per heavy atom. The maximum atomic E-state index is 12.5. The van der Waals surface area contributed by atoms with E-state index in [-0.39, 0.29) is 17.1 Å². The number of nitrogens with one attached hydrogen (secondary N) is 2. The summed E-state index contributed by atoms with van der Waals surface area (Å²) in [6, 6.07) is 3.43. The number of ether oxygens (including phenoxy) is 1. The third-order valence-electron chi connectivity index (χ3n) is 2.73. The smallest absolute Gasteiger partial charge is 0.335 e. The molecule has 1 aromatic rings. The van der Waals surface area contributed by atoms with Gasteiger partial charge in [0.1, 0.15) is 4.90 Å². The van der Waals surface area contributed by atoms with Crippen molar-refractivity contribution < 1.29 is 23.1 Å². The molecule has 0 heterocycles. The van der Waals surface area contributed by atoms with Gasteiger partial charge in [0.2, 0.25) is 10.0 Å². The fraction of sp³-hybridized carbons (Fsp3) is 0.357. The van der Waals surface area contributed by atoms with Gasteiger partial charge in [-0.3, -0.25) is 0 Å². The SMILES string of the molecule is C=CCNc1ccc(C(=O)O)cc1S(=O)(=O)NC(C)COC. The molecule has 0 fully saturated rings. The van der Waals surface area contributed by atoms with Crippen molar-refractivity contribution >= 4 is 21.7 Å².